The average molecular weight is 531 g/mol. The molecule has 7 nitrogen and oxygen atoms in total. The van der Waals surface area contributed by atoms with Gasteiger partial charge < -0.3 is 14.8 Å². The first kappa shape index (κ1) is 26.0. The van der Waals surface area contributed by atoms with Crippen LogP contribution in [0, 0.1) is 0 Å². The van der Waals surface area contributed by atoms with Crippen LogP contribution in [0.15, 0.2) is 72.8 Å². The Labute approximate surface area is 215 Å². The van der Waals surface area contributed by atoms with E-state index in [1.807, 2.05) is 0 Å². The summed E-state index contributed by atoms with van der Waals surface area (Å²) in [4.78, 5) is 16.6. The normalized spacial score (nSPS) is 11.4. The Morgan fingerprint density at radius 1 is 1.05 bits per heavy atom. The average Bonchev–Trinajstić information content (AvgIpc) is 3.27. The predicted octanol–water partition coefficient (Wildman–Crippen LogP) is 6.41. The number of rotatable bonds is 8. The van der Waals surface area contributed by atoms with Crippen LogP contribution < -0.4 is 14.8 Å². The first-order valence-electron chi connectivity index (χ1n) is 11.2. The van der Waals surface area contributed by atoms with Gasteiger partial charge in [0, 0.05) is 16.3 Å². The molecule has 0 saturated carbocycles. The lowest BCUT2D eigenvalue weighted by molar-refractivity contribution is -0.137. The third-order valence-corrected chi connectivity index (χ3v) is 5.21. The summed E-state index contributed by atoms with van der Waals surface area (Å²) < 4.78 is 52.3. The Kier molecular flexibility index (Phi) is 7.68. The Bertz CT molecular complexity index is 1370. The van der Waals surface area contributed by atoms with E-state index in [0.29, 0.717) is 22.1 Å². The van der Waals surface area contributed by atoms with E-state index in [9.17, 15) is 18.0 Å². The second kappa shape index (κ2) is 10.9. The number of carbonyl (C=O) groups excluding carboxylic acids is 1. The SMILES string of the molecule is CC(C)Oc1nc(-c2cccc(C(F)(F)F)c2)n(-c2ccc(NC(=O)COc3ccc(Cl)cc3)cc2)n1. The minimum atomic E-state index is -4.50. The highest BCUT2D eigenvalue weighted by molar-refractivity contribution is 6.30. The molecule has 1 N–H and O–H groups in total. The van der Waals surface area contributed by atoms with Crippen LogP contribution in [0.3, 0.4) is 0 Å². The molecule has 37 heavy (non-hydrogen) atoms. The summed E-state index contributed by atoms with van der Waals surface area (Å²) in [6.45, 7) is 3.37. The summed E-state index contributed by atoms with van der Waals surface area (Å²) in [5, 5.41) is 7.61. The molecule has 0 fully saturated rings. The van der Waals surface area contributed by atoms with Crippen molar-refractivity contribution in [3.63, 3.8) is 0 Å². The molecule has 0 spiro atoms. The van der Waals surface area contributed by atoms with Crippen molar-refractivity contribution in [2.45, 2.75) is 26.1 Å². The summed E-state index contributed by atoms with van der Waals surface area (Å²) in [5.74, 6) is 0.304. The van der Waals surface area contributed by atoms with Crippen LogP contribution in [0.2, 0.25) is 5.02 Å². The van der Waals surface area contributed by atoms with Gasteiger partial charge in [-0.05, 0) is 74.5 Å². The van der Waals surface area contributed by atoms with Crippen LogP contribution in [0.1, 0.15) is 19.4 Å². The fourth-order valence-corrected chi connectivity index (χ4v) is 3.44. The van der Waals surface area contributed by atoms with Gasteiger partial charge in [-0.2, -0.15) is 18.2 Å². The highest BCUT2D eigenvalue weighted by atomic mass is 35.5. The molecule has 11 heteroatoms. The quantitative estimate of drug-likeness (QED) is 0.285. The van der Waals surface area contributed by atoms with Gasteiger partial charge in [0.15, 0.2) is 12.4 Å². The van der Waals surface area contributed by atoms with E-state index in [2.05, 4.69) is 15.4 Å². The molecule has 4 aromatic rings. The molecule has 1 aromatic heterocycles. The molecule has 1 heterocycles. The lowest BCUT2D eigenvalue weighted by Crippen LogP contribution is -2.20. The van der Waals surface area contributed by atoms with Gasteiger partial charge in [0.1, 0.15) is 5.75 Å². The van der Waals surface area contributed by atoms with E-state index in [-0.39, 0.29) is 36.0 Å². The van der Waals surface area contributed by atoms with Gasteiger partial charge in [0.25, 0.3) is 5.91 Å². The zero-order valence-electron chi connectivity index (χ0n) is 19.8. The van der Waals surface area contributed by atoms with Gasteiger partial charge in [-0.25, -0.2) is 4.68 Å². The van der Waals surface area contributed by atoms with E-state index < -0.39 is 11.7 Å². The maximum Gasteiger partial charge on any atom is 0.416 e. The molecule has 0 saturated heterocycles. The summed E-state index contributed by atoms with van der Waals surface area (Å²) >= 11 is 5.83. The van der Waals surface area contributed by atoms with Crippen molar-refractivity contribution in [3.8, 4) is 28.8 Å². The molecule has 0 radical (unpaired) electrons. The number of ether oxygens (including phenoxy) is 2. The summed E-state index contributed by atoms with van der Waals surface area (Å²) in [6.07, 6.45) is -4.74. The molecular weight excluding hydrogens is 509 g/mol. The molecule has 4 rings (SSSR count). The van der Waals surface area contributed by atoms with Gasteiger partial charge >= 0.3 is 12.2 Å². The Balaban J connectivity index is 1.54. The summed E-state index contributed by atoms with van der Waals surface area (Å²) in [7, 11) is 0. The fourth-order valence-electron chi connectivity index (χ4n) is 3.32. The number of nitrogens with zero attached hydrogens (tertiary/aromatic N) is 3. The minimum absolute atomic E-state index is 0.0270. The second-order valence-corrected chi connectivity index (χ2v) is 8.65. The summed E-state index contributed by atoms with van der Waals surface area (Å²) in [5.41, 5.74) is 0.421. The largest absolute Gasteiger partial charge is 0.484 e. The number of anilines is 1. The van der Waals surface area contributed by atoms with Gasteiger partial charge in [-0.3, -0.25) is 4.79 Å². The monoisotopic (exact) mass is 530 g/mol. The third kappa shape index (κ3) is 6.79. The number of alkyl halides is 3. The number of benzene rings is 3. The first-order valence-corrected chi connectivity index (χ1v) is 11.6. The fraction of sp³-hybridized carbons (Fsp3) is 0.192. The van der Waals surface area contributed by atoms with Crippen LogP contribution >= 0.6 is 11.6 Å². The standard InChI is InChI=1S/C26H22ClF3N4O3/c1-16(2)37-25-32-24(17-4-3-5-18(14-17)26(28,29)30)34(33-25)21-10-8-20(9-11-21)31-23(35)15-36-22-12-6-19(27)7-13-22/h3-14,16H,15H2,1-2H3,(H,31,35). The zero-order chi connectivity index (χ0) is 26.6. The van der Waals surface area contributed by atoms with Gasteiger partial charge in [0.2, 0.25) is 0 Å². The van der Waals surface area contributed by atoms with Crippen molar-refractivity contribution in [1.82, 2.24) is 14.8 Å². The Morgan fingerprint density at radius 3 is 2.41 bits per heavy atom. The lowest BCUT2D eigenvalue weighted by Gasteiger charge is -2.11. The number of hydrogen-bond acceptors (Lipinski definition) is 5. The molecule has 3 aromatic carbocycles. The van der Waals surface area contributed by atoms with Crippen LogP contribution in [-0.4, -0.2) is 33.4 Å². The topological polar surface area (TPSA) is 78.3 Å². The number of carbonyl (C=O) groups is 1. The summed E-state index contributed by atoms with van der Waals surface area (Å²) in [6, 6.07) is 18.1. The van der Waals surface area contributed by atoms with Crippen molar-refractivity contribution in [3.05, 3.63) is 83.4 Å². The van der Waals surface area contributed by atoms with E-state index >= 15 is 0 Å². The van der Waals surface area contributed by atoms with Crippen molar-refractivity contribution in [2.75, 3.05) is 11.9 Å². The molecule has 192 valence electrons. The smallest absolute Gasteiger partial charge is 0.416 e. The van der Waals surface area contributed by atoms with Gasteiger partial charge in [-0.15, -0.1) is 5.10 Å². The Hall–Kier alpha value is -4.05. The number of amides is 1. The van der Waals surface area contributed by atoms with E-state index in [0.717, 1.165) is 12.1 Å². The van der Waals surface area contributed by atoms with E-state index in [1.54, 1.807) is 62.4 Å². The number of aromatic nitrogens is 3. The van der Waals surface area contributed by atoms with E-state index in [1.165, 1.54) is 16.8 Å². The minimum Gasteiger partial charge on any atom is -0.484 e. The third-order valence-electron chi connectivity index (χ3n) is 4.96. The van der Waals surface area contributed by atoms with Crippen molar-refractivity contribution >= 4 is 23.2 Å². The maximum atomic E-state index is 13.3. The molecule has 1 amide bonds. The highest BCUT2D eigenvalue weighted by Crippen LogP contribution is 2.33. The van der Waals surface area contributed by atoms with Crippen LogP contribution in [0.4, 0.5) is 18.9 Å². The van der Waals surface area contributed by atoms with Gasteiger partial charge in [0.05, 0.1) is 17.4 Å². The highest BCUT2D eigenvalue weighted by Gasteiger charge is 2.31. The zero-order valence-corrected chi connectivity index (χ0v) is 20.5. The van der Waals surface area contributed by atoms with Gasteiger partial charge in [-0.1, -0.05) is 23.7 Å². The van der Waals surface area contributed by atoms with Crippen LogP contribution in [0.25, 0.3) is 17.1 Å². The Morgan fingerprint density at radius 2 is 1.76 bits per heavy atom. The number of hydrogen-bond donors (Lipinski definition) is 1. The molecular formula is C26H22ClF3N4O3. The van der Waals surface area contributed by atoms with Crippen molar-refractivity contribution < 1.29 is 27.4 Å². The lowest BCUT2D eigenvalue weighted by atomic mass is 10.1. The molecule has 0 aliphatic carbocycles. The van der Waals surface area contributed by atoms with E-state index in [4.69, 9.17) is 21.1 Å². The molecule has 0 aliphatic heterocycles. The molecule has 0 aliphatic rings. The molecule has 0 unspecified atom stereocenters. The van der Waals surface area contributed by atoms with Crippen molar-refractivity contribution in [1.29, 1.82) is 0 Å². The molecule has 0 bridgehead atoms. The van der Waals surface area contributed by atoms with Crippen LogP contribution in [-0.2, 0) is 11.0 Å². The number of nitrogens with one attached hydrogen (secondary N) is 1. The predicted molar refractivity (Wildman–Crippen MR) is 133 cm³/mol. The second-order valence-electron chi connectivity index (χ2n) is 8.21. The molecule has 0 atom stereocenters. The maximum absolute atomic E-state index is 13.3. The number of halogens is 4. The van der Waals surface area contributed by atoms with Crippen molar-refractivity contribution in [2.24, 2.45) is 0 Å². The van der Waals surface area contributed by atoms with Crippen LogP contribution in [0.5, 0.6) is 11.8 Å². The first-order chi connectivity index (χ1) is 17.6.